The van der Waals surface area contributed by atoms with E-state index in [1.807, 2.05) is 30.5 Å². The summed E-state index contributed by atoms with van der Waals surface area (Å²) in [6.45, 7) is 0. The molecular weight excluding hydrogens is 283 g/mol. The summed E-state index contributed by atoms with van der Waals surface area (Å²) < 4.78 is 15.7. The maximum Gasteiger partial charge on any atom is 0.139 e. The lowest BCUT2D eigenvalue weighted by atomic mass is 10.2. The number of aromatic nitrogens is 2. The number of hydrogen-bond acceptors (Lipinski definition) is 1. The molecular formula is C13H8BrFN2. The third kappa shape index (κ3) is 1.85. The molecule has 4 heteroatoms. The van der Waals surface area contributed by atoms with Crippen LogP contribution in [0.25, 0.3) is 16.9 Å². The molecule has 0 saturated carbocycles. The second-order valence-corrected chi connectivity index (χ2v) is 4.57. The Bertz CT molecular complexity index is 691. The molecule has 2 aromatic heterocycles. The monoisotopic (exact) mass is 290 g/mol. The Morgan fingerprint density at radius 2 is 1.88 bits per heavy atom. The first-order chi connectivity index (χ1) is 8.24. The number of imidazole rings is 1. The van der Waals surface area contributed by atoms with Crippen molar-refractivity contribution in [3.8, 4) is 11.3 Å². The van der Waals surface area contributed by atoms with Gasteiger partial charge in [-0.3, -0.25) is 0 Å². The third-order valence-electron chi connectivity index (χ3n) is 2.56. The van der Waals surface area contributed by atoms with E-state index in [1.165, 1.54) is 12.3 Å². The highest BCUT2D eigenvalue weighted by atomic mass is 79.9. The van der Waals surface area contributed by atoms with E-state index in [-0.39, 0.29) is 5.82 Å². The summed E-state index contributed by atoms with van der Waals surface area (Å²) in [5.41, 5.74) is 2.55. The zero-order valence-corrected chi connectivity index (χ0v) is 10.4. The van der Waals surface area contributed by atoms with Crippen LogP contribution in [-0.4, -0.2) is 9.38 Å². The minimum Gasteiger partial charge on any atom is -0.304 e. The van der Waals surface area contributed by atoms with Crippen LogP contribution in [0, 0.1) is 5.82 Å². The molecule has 0 unspecified atom stereocenters. The number of hydrogen-bond donors (Lipinski definition) is 0. The van der Waals surface area contributed by atoms with Crippen molar-refractivity contribution in [2.45, 2.75) is 0 Å². The second-order valence-electron chi connectivity index (χ2n) is 3.72. The van der Waals surface area contributed by atoms with Gasteiger partial charge in [0.25, 0.3) is 0 Å². The highest BCUT2D eigenvalue weighted by molar-refractivity contribution is 9.10. The normalized spacial score (nSPS) is 10.9. The largest absolute Gasteiger partial charge is 0.304 e. The zero-order chi connectivity index (χ0) is 11.8. The molecule has 0 saturated heterocycles. The number of fused-ring (bicyclic) bond motifs is 1. The lowest BCUT2D eigenvalue weighted by molar-refractivity contribution is 0.619. The van der Waals surface area contributed by atoms with Gasteiger partial charge in [0.2, 0.25) is 0 Å². The fourth-order valence-electron chi connectivity index (χ4n) is 1.76. The Morgan fingerprint density at radius 1 is 1.06 bits per heavy atom. The Kier molecular flexibility index (Phi) is 2.44. The van der Waals surface area contributed by atoms with Crippen LogP contribution >= 0.6 is 15.9 Å². The van der Waals surface area contributed by atoms with E-state index >= 15 is 0 Å². The van der Waals surface area contributed by atoms with Crippen molar-refractivity contribution < 1.29 is 4.39 Å². The molecule has 3 aromatic rings. The topological polar surface area (TPSA) is 17.3 Å². The van der Waals surface area contributed by atoms with Crippen LogP contribution < -0.4 is 0 Å². The summed E-state index contributed by atoms with van der Waals surface area (Å²) in [6, 6.07) is 10.9. The summed E-state index contributed by atoms with van der Waals surface area (Å²) in [4.78, 5) is 4.45. The SMILES string of the molecule is Fc1ccc2nc(-c3ccccc3Br)cn2c1. The average Bonchev–Trinajstić information content (AvgIpc) is 2.72. The van der Waals surface area contributed by atoms with Gasteiger partial charge in [-0.1, -0.05) is 34.1 Å². The van der Waals surface area contributed by atoms with Crippen LogP contribution in [0.3, 0.4) is 0 Å². The summed E-state index contributed by atoms with van der Waals surface area (Å²) in [5, 5.41) is 0. The lowest BCUT2D eigenvalue weighted by Gasteiger charge is -1.98. The summed E-state index contributed by atoms with van der Waals surface area (Å²) in [7, 11) is 0. The molecule has 84 valence electrons. The van der Waals surface area contributed by atoms with Gasteiger partial charge >= 0.3 is 0 Å². The van der Waals surface area contributed by atoms with Gasteiger partial charge in [-0.05, 0) is 18.2 Å². The lowest BCUT2D eigenvalue weighted by Crippen LogP contribution is -1.83. The van der Waals surface area contributed by atoms with Crippen LogP contribution in [0.2, 0.25) is 0 Å². The Balaban J connectivity index is 2.22. The first-order valence-electron chi connectivity index (χ1n) is 5.13. The molecule has 0 N–H and O–H groups in total. The third-order valence-corrected chi connectivity index (χ3v) is 3.26. The summed E-state index contributed by atoms with van der Waals surface area (Å²) in [5.74, 6) is -0.270. The molecule has 0 fully saturated rings. The fourth-order valence-corrected chi connectivity index (χ4v) is 2.25. The summed E-state index contributed by atoms with van der Waals surface area (Å²) >= 11 is 3.48. The molecule has 3 rings (SSSR count). The number of rotatable bonds is 1. The molecule has 0 aliphatic heterocycles. The Morgan fingerprint density at radius 3 is 2.71 bits per heavy atom. The highest BCUT2D eigenvalue weighted by Crippen LogP contribution is 2.27. The molecule has 0 spiro atoms. The van der Waals surface area contributed by atoms with Crippen molar-refractivity contribution in [1.29, 1.82) is 0 Å². The van der Waals surface area contributed by atoms with Crippen molar-refractivity contribution in [3.05, 3.63) is 59.1 Å². The molecule has 2 nitrogen and oxygen atoms in total. The van der Waals surface area contributed by atoms with Crippen LogP contribution in [0.1, 0.15) is 0 Å². The van der Waals surface area contributed by atoms with Gasteiger partial charge in [0.1, 0.15) is 11.5 Å². The van der Waals surface area contributed by atoms with E-state index < -0.39 is 0 Å². The van der Waals surface area contributed by atoms with Gasteiger partial charge in [-0.15, -0.1) is 0 Å². The minimum absolute atomic E-state index is 0.270. The molecule has 2 heterocycles. The van der Waals surface area contributed by atoms with Crippen molar-refractivity contribution in [3.63, 3.8) is 0 Å². The first kappa shape index (κ1) is 10.5. The van der Waals surface area contributed by atoms with Crippen molar-refractivity contribution >= 4 is 21.6 Å². The maximum absolute atomic E-state index is 13.1. The van der Waals surface area contributed by atoms with Crippen molar-refractivity contribution in [2.24, 2.45) is 0 Å². The van der Waals surface area contributed by atoms with Gasteiger partial charge in [-0.25, -0.2) is 9.37 Å². The van der Waals surface area contributed by atoms with Gasteiger partial charge in [0.05, 0.1) is 5.69 Å². The van der Waals surface area contributed by atoms with Crippen LogP contribution in [0.15, 0.2) is 53.3 Å². The van der Waals surface area contributed by atoms with Gasteiger partial charge in [-0.2, -0.15) is 0 Å². The molecule has 1 aromatic carbocycles. The van der Waals surface area contributed by atoms with E-state index in [1.54, 1.807) is 10.5 Å². The van der Waals surface area contributed by atoms with Gasteiger partial charge in [0, 0.05) is 22.4 Å². The predicted octanol–water partition coefficient (Wildman–Crippen LogP) is 3.90. The summed E-state index contributed by atoms with van der Waals surface area (Å²) in [6.07, 6.45) is 3.24. The fraction of sp³-hybridized carbons (Fsp3) is 0. The highest BCUT2D eigenvalue weighted by Gasteiger charge is 2.07. The van der Waals surface area contributed by atoms with Crippen molar-refractivity contribution in [1.82, 2.24) is 9.38 Å². The number of pyridine rings is 1. The zero-order valence-electron chi connectivity index (χ0n) is 8.77. The Hall–Kier alpha value is -1.68. The van der Waals surface area contributed by atoms with Crippen LogP contribution in [0.5, 0.6) is 0 Å². The second kappa shape index (κ2) is 3.96. The van der Waals surface area contributed by atoms with E-state index in [0.29, 0.717) is 0 Å². The molecule has 0 atom stereocenters. The van der Waals surface area contributed by atoms with E-state index in [0.717, 1.165) is 21.4 Å². The quantitative estimate of drug-likeness (QED) is 0.664. The first-order valence-corrected chi connectivity index (χ1v) is 5.92. The number of halogens is 2. The number of benzene rings is 1. The smallest absolute Gasteiger partial charge is 0.139 e. The van der Waals surface area contributed by atoms with Crippen LogP contribution in [0.4, 0.5) is 4.39 Å². The maximum atomic E-state index is 13.1. The van der Waals surface area contributed by atoms with E-state index in [4.69, 9.17) is 0 Å². The molecule has 17 heavy (non-hydrogen) atoms. The standard InChI is InChI=1S/C13H8BrFN2/c14-11-4-2-1-3-10(11)12-8-17-7-9(15)5-6-13(17)16-12/h1-8H. The van der Waals surface area contributed by atoms with E-state index in [9.17, 15) is 4.39 Å². The van der Waals surface area contributed by atoms with Crippen LogP contribution in [-0.2, 0) is 0 Å². The van der Waals surface area contributed by atoms with Gasteiger partial charge < -0.3 is 4.40 Å². The van der Waals surface area contributed by atoms with Gasteiger partial charge in [0.15, 0.2) is 0 Å². The van der Waals surface area contributed by atoms with E-state index in [2.05, 4.69) is 20.9 Å². The molecule has 0 aliphatic carbocycles. The predicted molar refractivity (Wildman–Crippen MR) is 68.3 cm³/mol. The molecule has 0 bridgehead atoms. The molecule has 0 radical (unpaired) electrons. The average molecular weight is 291 g/mol. The van der Waals surface area contributed by atoms with Crippen molar-refractivity contribution in [2.75, 3.05) is 0 Å². The molecule has 0 aliphatic rings. The minimum atomic E-state index is -0.270. The molecule has 0 amide bonds. The number of nitrogens with zero attached hydrogens (tertiary/aromatic N) is 2. The Labute approximate surface area is 106 Å².